The average Bonchev–Trinajstić information content (AvgIpc) is 3.03. The first-order valence-electron chi connectivity index (χ1n) is 6.89. The van der Waals surface area contributed by atoms with Crippen molar-refractivity contribution in [3.63, 3.8) is 0 Å². The van der Waals surface area contributed by atoms with Gasteiger partial charge in [0.1, 0.15) is 0 Å². The second-order valence-electron chi connectivity index (χ2n) is 5.36. The Kier molecular flexibility index (Phi) is 6.72. The number of halogens is 1. The molecular formula is C14H27Cl. The van der Waals surface area contributed by atoms with Gasteiger partial charge >= 0.3 is 0 Å². The highest BCUT2D eigenvalue weighted by molar-refractivity contribution is 6.18. The molecule has 1 fully saturated rings. The summed E-state index contributed by atoms with van der Waals surface area (Å²) >= 11 is 5.95. The molecule has 0 aromatic carbocycles. The van der Waals surface area contributed by atoms with Crippen molar-refractivity contribution in [1.82, 2.24) is 0 Å². The Bertz CT molecular complexity index is 149. The predicted molar refractivity (Wildman–Crippen MR) is 69.6 cm³/mol. The molecule has 0 bridgehead atoms. The van der Waals surface area contributed by atoms with Crippen LogP contribution in [0.15, 0.2) is 0 Å². The van der Waals surface area contributed by atoms with Gasteiger partial charge in [-0.25, -0.2) is 0 Å². The Morgan fingerprint density at radius 2 is 1.40 bits per heavy atom. The Hall–Kier alpha value is 0.290. The fourth-order valence-electron chi connectivity index (χ4n) is 2.26. The van der Waals surface area contributed by atoms with E-state index in [1.54, 1.807) is 0 Å². The molecule has 0 heterocycles. The summed E-state index contributed by atoms with van der Waals surface area (Å²) in [4.78, 5) is 0. The van der Waals surface area contributed by atoms with Gasteiger partial charge in [0.2, 0.25) is 0 Å². The van der Waals surface area contributed by atoms with E-state index in [2.05, 4.69) is 6.92 Å². The third-order valence-corrected chi connectivity index (χ3v) is 4.37. The van der Waals surface area contributed by atoms with Gasteiger partial charge in [-0.2, -0.15) is 0 Å². The number of hydrogen-bond donors (Lipinski definition) is 0. The second kappa shape index (κ2) is 7.54. The van der Waals surface area contributed by atoms with Crippen LogP contribution in [0.1, 0.15) is 77.6 Å². The molecule has 1 aliphatic rings. The standard InChI is InChI=1S/C14H27Cl/c1-2-3-4-5-6-7-8-9-10-14(13-15)11-12-14/h2-13H2,1H3. The van der Waals surface area contributed by atoms with Crippen LogP contribution in [0.2, 0.25) is 0 Å². The van der Waals surface area contributed by atoms with E-state index in [4.69, 9.17) is 11.6 Å². The molecule has 0 amide bonds. The van der Waals surface area contributed by atoms with Gasteiger partial charge in [0.05, 0.1) is 0 Å². The molecule has 0 nitrogen and oxygen atoms in total. The SMILES string of the molecule is CCCCCCCCCCC1(CCl)CC1. The van der Waals surface area contributed by atoms with E-state index in [-0.39, 0.29) is 0 Å². The van der Waals surface area contributed by atoms with E-state index in [9.17, 15) is 0 Å². The number of unbranched alkanes of at least 4 members (excludes halogenated alkanes) is 7. The van der Waals surface area contributed by atoms with Gasteiger partial charge in [0, 0.05) is 5.88 Å². The van der Waals surface area contributed by atoms with E-state index in [0.29, 0.717) is 5.41 Å². The zero-order valence-electron chi connectivity index (χ0n) is 10.4. The van der Waals surface area contributed by atoms with Gasteiger partial charge in [-0.3, -0.25) is 0 Å². The Labute approximate surface area is 101 Å². The van der Waals surface area contributed by atoms with Gasteiger partial charge in [-0.1, -0.05) is 58.3 Å². The minimum Gasteiger partial charge on any atom is -0.126 e. The van der Waals surface area contributed by atoms with Crippen LogP contribution in [0.5, 0.6) is 0 Å². The molecule has 0 aliphatic heterocycles. The Morgan fingerprint density at radius 1 is 0.867 bits per heavy atom. The average molecular weight is 231 g/mol. The largest absolute Gasteiger partial charge is 0.126 e. The molecule has 0 radical (unpaired) electrons. The molecule has 90 valence electrons. The van der Waals surface area contributed by atoms with Crippen molar-refractivity contribution in [2.75, 3.05) is 5.88 Å². The minimum atomic E-state index is 0.601. The lowest BCUT2D eigenvalue weighted by molar-refractivity contribution is 0.471. The lowest BCUT2D eigenvalue weighted by atomic mass is 9.99. The van der Waals surface area contributed by atoms with Gasteiger partial charge in [-0.05, 0) is 24.7 Å². The lowest BCUT2D eigenvalue weighted by Crippen LogP contribution is -2.01. The summed E-state index contributed by atoms with van der Waals surface area (Å²) in [5.41, 5.74) is 0.601. The summed E-state index contributed by atoms with van der Waals surface area (Å²) in [6.07, 6.45) is 15.6. The van der Waals surface area contributed by atoms with Crippen molar-refractivity contribution in [3.05, 3.63) is 0 Å². The third kappa shape index (κ3) is 5.80. The van der Waals surface area contributed by atoms with Crippen LogP contribution < -0.4 is 0 Å². The third-order valence-electron chi connectivity index (χ3n) is 3.80. The summed E-state index contributed by atoms with van der Waals surface area (Å²) in [6.45, 7) is 2.28. The first kappa shape index (κ1) is 13.4. The molecule has 15 heavy (non-hydrogen) atoms. The predicted octanol–water partition coefficient (Wildman–Crippen LogP) is 5.54. The van der Waals surface area contributed by atoms with Crippen LogP contribution in [0.4, 0.5) is 0 Å². The van der Waals surface area contributed by atoms with E-state index in [1.807, 2.05) is 0 Å². The number of rotatable bonds is 10. The monoisotopic (exact) mass is 230 g/mol. The molecule has 1 heteroatoms. The van der Waals surface area contributed by atoms with Crippen molar-refractivity contribution in [3.8, 4) is 0 Å². The first-order chi connectivity index (χ1) is 7.33. The minimum absolute atomic E-state index is 0.601. The molecule has 0 spiro atoms. The Balaban J connectivity index is 1.77. The second-order valence-corrected chi connectivity index (χ2v) is 5.63. The van der Waals surface area contributed by atoms with Crippen LogP contribution >= 0.6 is 11.6 Å². The Morgan fingerprint density at radius 3 is 1.87 bits per heavy atom. The van der Waals surface area contributed by atoms with Gasteiger partial charge < -0.3 is 0 Å². The van der Waals surface area contributed by atoms with Crippen LogP contribution in [-0.2, 0) is 0 Å². The van der Waals surface area contributed by atoms with Crippen molar-refractivity contribution in [2.24, 2.45) is 5.41 Å². The van der Waals surface area contributed by atoms with E-state index in [1.165, 1.54) is 70.6 Å². The van der Waals surface area contributed by atoms with Crippen LogP contribution in [-0.4, -0.2) is 5.88 Å². The van der Waals surface area contributed by atoms with Crippen molar-refractivity contribution >= 4 is 11.6 Å². The number of hydrogen-bond acceptors (Lipinski definition) is 0. The zero-order valence-corrected chi connectivity index (χ0v) is 11.1. The fourth-order valence-corrected chi connectivity index (χ4v) is 2.66. The maximum atomic E-state index is 5.95. The highest BCUT2D eigenvalue weighted by atomic mass is 35.5. The van der Waals surface area contributed by atoms with Crippen LogP contribution in [0.25, 0.3) is 0 Å². The first-order valence-corrected chi connectivity index (χ1v) is 7.42. The zero-order chi connectivity index (χ0) is 11.0. The molecule has 0 N–H and O–H groups in total. The molecule has 1 aliphatic carbocycles. The molecule has 1 rings (SSSR count). The maximum Gasteiger partial charge on any atom is 0.0280 e. The molecule has 0 saturated heterocycles. The van der Waals surface area contributed by atoms with E-state index in [0.717, 1.165) is 5.88 Å². The van der Waals surface area contributed by atoms with Crippen molar-refractivity contribution in [2.45, 2.75) is 77.6 Å². The molecule has 0 aromatic rings. The smallest absolute Gasteiger partial charge is 0.0280 e. The quantitative estimate of drug-likeness (QED) is 0.342. The molecule has 0 aromatic heterocycles. The highest BCUT2D eigenvalue weighted by Crippen LogP contribution is 2.50. The topological polar surface area (TPSA) is 0 Å². The van der Waals surface area contributed by atoms with Gasteiger partial charge in [0.25, 0.3) is 0 Å². The van der Waals surface area contributed by atoms with Crippen molar-refractivity contribution in [1.29, 1.82) is 0 Å². The summed E-state index contributed by atoms with van der Waals surface area (Å²) in [5, 5.41) is 0. The molecule has 0 atom stereocenters. The fraction of sp³-hybridized carbons (Fsp3) is 1.00. The van der Waals surface area contributed by atoms with Crippen LogP contribution in [0, 0.1) is 5.41 Å². The molecule has 1 saturated carbocycles. The van der Waals surface area contributed by atoms with E-state index < -0.39 is 0 Å². The summed E-state index contributed by atoms with van der Waals surface area (Å²) < 4.78 is 0. The summed E-state index contributed by atoms with van der Waals surface area (Å²) in [6, 6.07) is 0. The summed E-state index contributed by atoms with van der Waals surface area (Å²) in [5.74, 6) is 0.906. The normalized spacial score (nSPS) is 18.0. The molecular weight excluding hydrogens is 204 g/mol. The molecule has 0 unspecified atom stereocenters. The summed E-state index contributed by atoms with van der Waals surface area (Å²) in [7, 11) is 0. The van der Waals surface area contributed by atoms with Crippen LogP contribution in [0.3, 0.4) is 0 Å². The van der Waals surface area contributed by atoms with E-state index >= 15 is 0 Å². The number of alkyl halides is 1. The lowest BCUT2D eigenvalue weighted by Gasteiger charge is -2.09. The van der Waals surface area contributed by atoms with Crippen molar-refractivity contribution < 1.29 is 0 Å². The van der Waals surface area contributed by atoms with Gasteiger partial charge in [-0.15, -0.1) is 11.6 Å². The maximum absolute atomic E-state index is 5.95. The van der Waals surface area contributed by atoms with Gasteiger partial charge in [0.15, 0.2) is 0 Å². The highest BCUT2D eigenvalue weighted by Gasteiger charge is 2.40.